The van der Waals surface area contributed by atoms with Gasteiger partial charge in [-0.3, -0.25) is 0 Å². The fraction of sp³-hybridized carbons (Fsp3) is 0.385. The second kappa shape index (κ2) is 5.76. The van der Waals surface area contributed by atoms with Crippen LogP contribution in [0, 0.1) is 0 Å². The molecule has 1 heterocycles. The summed E-state index contributed by atoms with van der Waals surface area (Å²) in [6, 6.07) is 3.54. The first-order chi connectivity index (χ1) is 9.70. The van der Waals surface area contributed by atoms with E-state index in [4.69, 9.17) is 10.3 Å². The van der Waals surface area contributed by atoms with E-state index in [9.17, 15) is 13.2 Å². The molecule has 0 bridgehead atoms. The summed E-state index contributed by atoms with van der Waals surface area (Å²) in [7, 11) is 0. The van der Waals surface area contributed by atoms with E-state index in [1.165, 1.54) is 12.1 Å². The summed E-state index contributed by atoms with van der Waals surface area (Å²) in [6.45, 7) is 3.53. The number of hydrogen-bond donors (Lipinski definition) is 1. The maximum absolute atomic E-state index is 13.1. The van der Waals surface area contributed by atoms with Gasteiger partial charge in [-0.05, 0) is 25.1 Å². The zero-order chi connectivity index (χ0) is 15.8. The lowest BCUT2D eigenvalue weighted by atomic mass is 10.0. The molecule has 0 aliphatic rings. The first-order valence-corrected chi connectivity index (χ1v) is 6.95. The van der Waals surface area contributed by atoms with Gasteiger partial charge in [0.15, 0.2) is 0 Å². The van der Waals surface area contributed by atoms with Gasteiger partial charge < -0.3 is 10.3 Å². The van der Waals surface area contributed by atoms with Crippen LogP contribution in [0.25, 0.3) is 11.4 Å². The third-order valence-corrected chi connectivity index (χ3v) is 3.64. The monoisotopic (exact) mass is 363 g/mol. The van der Waals surface area contributed by atoms with Crippen molar-refractivity contribution in [2.45, 2.75) is 32.0 Å². The molecule has 8 heteroatoms. The molecule has 2 rings (SSSR count). The Kier molecular flexibility index (Phi) is 4.38. The van der Waals surface area contributed by atoms with Crippen LogP contribution in [0.3, 0.4) is 0 Å². The fourth-order valence-electron chi connectivity index (χ4n) is 1.70. The first kappa shape index (κ1) is 16.0. The molecule has 0 amide bonds. The quantitative estimate of drug-likeness (QED) is 0.895. The first-order valence-electron chi connectivity index (χ1n) is 6.16. The molecule has 0 spiro atoms. The maximum Gasteiger partial charge on any atom is 0.417 e. The van der Waals surface area contributed by atoms with Gasteiger partial charge in [0.05, 0.1) is 11.5 Å². The van der Waals surface area contributed by atoms with E-state index in [1.807, 2.05) is 0 Å². The van der Waals surface area contributed by atoms with Crippen molar-refractivity contribution in [3.8, 4) is 11.4 Å². The lowest BCUT2D eigenvalue weighted by molar-refractivity contribution is -0.137. The Morgan fingerprint density at radius 3 is 2.52 bits per heavy atom. The van der Waals surface area contributed by atoms with E-state index in [-0.39, 0.29) is 29.2 Å². The Labute approximate surface area is 127 Å². The number of hydrogen-bond acceptors (Lipinski definition) is 4. The Balaban J connectivity index is 2.48. The van der Waals surface area contributed by atoms with Gasteiger partial charge in [0.1, 0.15) is 0 Å². The molecule has 0 fully saturated rings. The van der Waals surface area contributed by atoms with Crippen LogP contribution in [0.15, 0.2) is 27.2 Å². The predicted molar refractivity (Wildman–Crippen MR) is 74.5 cm³/mol. The number of rotatable bonds is 3. The third kappa shape index (κ3) is 3.44. The molecule has 4 nitrogen and oxygen atoms in total. The van der Waals surface area contributed by atoms with Gasteiger partial charge in [-0.25, -0.2) is 0 Å². The number of halogens is 4. The zero-order valence-electron chi connectivity index (χ0n) is 11.3. The zero-order valence-corrected chi connectivity index (χ0v) is 12.9. The molecule has 2 atom stereocenters. The van der Waals surface area contributed by atoms with Gasteiger partial charge in [0.2, 0.25) is 11.7 Å². The molecule has 1 aromatic heterocycles. The highest BCUT2D eigenvalue weighted by molar-refractivity contribution is 9.10. The van der Waals surface area contributed by atoms with Crippen molar-refractivity contribution in [3.63, 3.8) is 0 Å². The molecular formula is C13H13BrF3N3O. The minimum absolute atomic E-state index is 0.0997. The van der Waals surface area contributed by atoms with Crippen molar-refractivity contribution in [2.75, 3.05) is 0 Å². The molecule has 0 aliphatic carbocycles. The van der Waals surface area contributed by atoms with E-state index in [1.54, 1.807) is 13.8 Å². The lowest BCUT2D eigenvalue weighted by Gasteiger charge is -2.11. The summed E-state index contributed by atoms with van der Waals surface area (Å²) in [5.41, 5.74) is 4.77. The Morgan fingerprint density at radius 1 is 1.29 bits per heavy atom. The highest BCUT2D eigenvalue weighted by atomic mass is 79.9. The summed E-state index contributed by atoms with van der Waals surface area (Å²) < 4.78 is 44.6. The predicted octanol–water partition coefficient (Wildman–Crippen LogP) is 3.97. The van der Waals surface area contributed by atoms with Crippen LogP contribution >= 0.6 is 15.9 Å². The number of benzene rings is 1. The number of alkyl halides is 3. The molecule has 2 N–H and O–H groups in total. The molecule has 2 aromatic rings. The van der Waals surface area contributed by atoms with Crippen molar-refractivity contribution >= 4 is 15.9 Å². The van der Waals surface area contributed by atoms with Gasteiger partial charge in [-0.1, -0.05) is 28.0 Å². The molecule has 2 unspecified atom stereocenters. The van der Waals surface area contributed by atoms with Gasteiger partial charge in [-0.15, -0.1) is 0 Å². The van der Waals surface area contributed by atoms with Gasteiger partial charge in [0, 0.05) is 16.1 Å². The topological polar surface area (TPSA) is 64.9 Å². The summed E-state index contributed by atoms with van der Waals surface area (Å²) in [5, 5.41) is 3.64. The van der Waals surface area contributed by atoms with Gasteiger partial charge in [-0.2, -0.15) is 18.2 Å². The average Bonchev–Trinajstić information content (AvgIpc) is 2.86. The summed E-state index contributed by atoms with van der Waals surface area (Å²) in [6.07, 6.45) is -4.51. The van der Waals surface area contributed by atoms with Gasteiger partial charge >= 0.3 is 6.18 Å². The second-order valence-electron chi connectivity index (χ2n) is 4.79. The molecule has 0 aliphatic heterocycles. The molecule has 0 radical (unpaired) electrons. The largest absolute Gasteiger partial charge is 0.417 e. The SMILES string of the molecule is CC(N)C(C)c1nc(-c2ccc(Br)cc2C(F)(F)F)no1. The maximum atomic E-state index is 13.1. The summed E-state index contributed by atoms with van der Waals surface area (Å²) in [4.78, 5) is 4.03. The minimum atomic E-state index is -4.51. The van der Waals surface area contributed by atoms with Crippen LogP contribution in [-0.2, 0) is 6.18 Å². The standard InChI is InChI=1S/C13H13BrF3N3O/c1-6(7(2)18)12-19-11(20-21-12)9-4-3-8(14)5-10(9)13(15,16)17/h3-7H,18H2,1-2H3. The Hall–Kier alpha value is -1.41. The average molecular weight is 364 g/mol. The minimum Gasteiger partial charge on any atom is -0.339 e. The van der Waals surface area contributed by atoms with E-state index >= 15 is 0 Å². The number of nitrogens with two attached hydrogens (primary N) is 1. The molecule has 1 aromatic carbocycles. The van der Waals surface area contributed by atoms with E-state index < -0.39 is 11.7 Å². The van der Waals surface area contributed by atoms with Crippen molar-refractivity contribution < 1.29 is 17.7 Å². The van der Waals surface area contributed by atoms with E-state index in [0.717, 1.165) is 6.07 Å². The van der Waals surface area contributed by atoms with Crippen molar-refractivity contribution in [1.29, 1.82) is 0 Å². The van der Waals surface area contributed by atoms with Crippen LogP contribution in [0.2, 0.25) is 0 Å². The lowest BCUT2D eigenvalue weighted by Crippen LogP contribution is -2.22. The molecule has 0 saturated heterocycles. The fourth-order valence-corrected chi connectivity index (χ4v) is 2.06. The van der Waals surface area contributed by atoms with Crippen LogP contribution in [0.1, 0.15) is 31.2 Å². The molecular weight excluding hydrogens is 351 g/mol. The molecule has 0 saturated carbocycles. The molecule has 114 valence electrons. The van der Waals surface area contributed by atoms with E-state index in [0.29, 0.717) is 4.47 Å². The van der Waals surface area contributed by atoms with Crippen molar-refractivity contribution in [3.05, 3.63) is 34.1 Å². The third-order valence-electron chi connectivity index (χ3n) is 3.15. The van der Waals surface area contributed by atoms with E-state index in [2.05, 4.69) is 26.1 Å². The van der Waals surface area contributed by atoms with Crippen molar-refractivity contribution in [1.82, 2.24) is 10.1 Å². The van der Waals surface area contributed by atoms with Crippen LogP contribution in [0.5, 0.6) is 0 Å². The highest BCUT2D eigenvalue weighted by Gasteiger charge is 2.35. The van der Waals surface area contributed by atoms with Crippen LogP contribution in [-0.4, -0.2) is 16.2 Å². The summed E-state index contributed by atoms with van der Waals surface area (Å²) in [5.74, 6) is -0.121. The number of aromatic nitrogens is 2. The van der Waals surface area contributed by atoms with Gasteiger partial charge in [0.25, 0.3) is 0 Å². The number of nitrogens with zero attached hydrogens (tertiary/aromatic N) is 2. The summed E-state index contributed by atoms with van der Waals surface area (Å²) >= 11 is 3.03. The normalized spacial score (nSPS) is 15.0. The van der Waals surface area contributed by atoms with Crippen molar-refractivity contribution in [2.24, 2.45) is 5.73 Å². The van der Waals surface area contributed by atoms with Crippen LogP contribution in [0.4, 0.5) is 13.2 Å². The Bertz CT molecular complexity index is 640. The highest BCUT2D eigenvalue weighted by Crippen LogP contribution is 2.38. The molecule has 21 heavy (non-hydrogen) atoms. The second-order valence-corrected chi connectivity index (χ2v) is 5.71. The Morgan fingerprint density at radius 2 is 1.95 bits per heavy atom. The van der Waals surface area contributed by atoms with Crippen LogP contribution < -0.4 is 5.73 Å². The smallest absolute Gasteiger partial charge is 0.339 e.